The molecule has 0 unspecified atom stereocenters. The molecule has 1 rings (SSSR count). The molecule has 0 bridgehead atoms. The van der Waals surface area contributed by atoms with Gasteiger partial charge in [-0.1, -0.05) is 64.4 Å². The summed E-state index contributed by atoms with van der Waals surface area (Å²) in [5.41, 5.74) is 0.531. The van der Waals surface area contributed by atoms with Crippen molar-refractivity contribution in [1.82, 2.24) is 5.32 Å². The van der Waals surface area contributed by atoms with Gasteiger partial charge in [-0.3, -0.25) is 4.79 Å². The average Bonchev–Trinajstić information content (AvgIpc) is 2.53. The Morgan fingerprint density at radius 1 is 1.04 bits per heavy atom. The zero-order valence-electron chi connectivity index (χ0n) is 14.6. The van der Waals surface area contributed by atoms with Crippen LogP contribution in [0.5, 0.6) is 0 Å². The van der Waals surface area contributed by atoms with E-state index >= 15 is 0 Å². The van der Waals surface area contributed by atoms with Crippen molar-refractivity contribution in [3.8, 4) is 0 Å². The molecule has 24 heavy (non-hydrogen) atoms. The van der Waals surface area contributed by atoms with Crippen LogP contribution in [0.2, 0.25) is 0 Å². The highest BCUT2D eigenvalue weighted by molar-refractivity contribution is 7.80. The van der Waals surface area contributed by atoms with Gasteiger partial charge in [-0.25, -0.2) is 4.39 Å². The monoisotopic (exact) mass is 352 g/mol. The topological polar surface area (TPSA) is 41.1 Å². The first-order valence-corrected chi connectivity index (χ1v) is 9.39. The summed E-state index contributed by atoms with van der Waals surface area (Å²) in [5, 5.41) is 5.65. The Labute approximate surface area is 150 Å². The first-order chi connectivity index (χ1) is 11.6. The van der Waals surface area contributed by atoms with Gasteiger partial charge in [0.25, 0.3) is 0 Å². The summed E-state index contributed by atoms with van der Waals surface area (Å²) in [6.07, 6.45) is 11.5. The van der Waals surface area contributed by atoms with Crippen LogP contribution in [-0.4, -0.2) is 11.0 Å². The Bertz CT molecular complexity index is 508. The van der Waals surface area contributed by atoms with E-state index < -0.39 is 0 Å². The highest BCUT2D eigenvalue weighted by Crippen LogP contribution is 2.11. The lowest BCUT2D eigenvalue weighted by Gasteiger charge is -2.09. The van der Waals surface area contributed by atoms with E-state index in [0.29, 0.717) is 12.1 Å². The van der Waals surface area contributed by atoms with Gasteiger partial charge in [0.1, 0.15) is 5.82 Å². The van der Waals surface area contributed by atoms with Crippen LogP contribution in [0.15, 0.2) is 24.3 Å². The highest BCUT2D eigenvalue weighted by Gasteiger charge is 2.05. The predicted octanol–water partition coefficient (Wildman–Crippen LogP) is 5.56. The standard InChI is InChI=1S/C19H29FN2OS/c1-2-3-4-5-6-7-8-9-10-14-18(23)22-19(24)21-17-13-11-12-16(20)15-17/h11-13,15H,2-10,14H2,1H3,(H2,21,22,23,24). The van der Waals surface area contributed by atoms with Crippen molar-refractivity contribution in [3.63, 3.8) is 0 Å². The van der Waals surface area contributed by atoms with E-state index in [1.54, 1.807) is 12.1 Å². The average molecular weight is 353 g/mol. The molecule has 0 saturated carbocycles. The summed E-state index contributed by atoms with van der Waals surface area (Å²) < 4.78 is 13.1. The first-order valence-electron chi connectivity index (χ1n) is 8.98. The Morgan fingerprint density at radius 2 is 1.67 bits per heavy atom. The van der Waals surface area contributed by atoms with Gasteiger partial charge in [-0.15, -0.1) is 0 Å². The maximum Gasteiger partial charge on any atom is 0.226 e. The van der Waals surface area contributed by atoms with Crippen LogP contribution in [0.1, 0.15) is 71.1 Å². The van der Waals surface area contributed by atoms with Crippen molar-refractivity contribution >= 4 is 28.9 Å². The Kier molecular flexibility index (Phi) is 11.0. The molecule has 2 N–H and O–H groups in total. The third-order valence-corrected chi connectivity index (χ3v) is 4.05. The van der Waals surface area contributed by atoms with Gasteiger partial charge in [0.05, 0.1) is 0 Å². The van der Waals surface area contributed by atoms with Crippen LogP contribution >= 0.6 is 12.2 Å². The Morgan fingerprint density at radius 3 is 2.29 bits per heavy atom. The van der Waals surface area contributed by atoms with Gasteiger partial charge in [-0.05, 0) is 36.8 Å². The first kappa shape index (κ1) is 20.6. The van der Waals surface area contributed by atoms with Crippen molar-refractivity contribution in [2.75, 3.05) is 5.32 Å². The molecule has 5 heteroatoms. The predicted molar refractivity (Wildman–Crippen MR) is 103 cm³/mol. The minimum atomic E-state index is -0.344. The molecule has 3 nitrogen and oxygen atoms in total. The number of hydrogen-bond acceptors (Lipinski definition) is 2. The number of halogens is 1. The summed E-state index contributed by atoms with van der Waals surface area (Å²) in [4.78, 5) is 11.8. The molecule has 0 radical (unpaired) electrons. The number of carbonyl (C=O) groups is 1. The Balaban J connectivity index is 2.04. The number of rotatable bonds is 11. The van der Waals surface area contributed by atoms with E-state index in [4.69, 9.17) is 12.2 Å². The van der Waals surface area contributed by atoms with Crippen LogP contribution in [0.25, 0.3) is 0 Å². The fourth-order valence-electron chi connectivity index (χ4n) is 2.51. The molecule has 0 atom stereocenters. The fourth-order valence-corrected chi connectivity index (χ4v) is 2.75. The number of carbonyl (C=O) groups excluding carboxylic acids is 1. The number of nitrogens with one attached hydrogen (secondary N) is 2. The lowest BCUT2D eigenvalue weighted by atomic mass is 10.1. The summed E-state index contributed by atoms with van der Waals surface area (Å²) in [5.74, 6) is -0.435. The Hall–Kier alpha value is -1.49. The van der Waals surface area contributed by atoms with Crippen LogP contribution in [-0.2, 0) is 4.79 Å². The highest BCUT2D eigenvalue weighted by atomic mass is 32.1. The molecule has 0 spiro atoms. The number of amides is 1. The zero-order valence-corrected chi connectivity index (χ0v) is 15.4. The van der Waals surface area contributed by atoms with Crippen LogP contribution in [0.4, 0.5) is 10.1 Å². The SMILES string of the molecule is CCCCCCCCCCCC(=O)NC(=S)Nc1cccc(F)c1. The summed E-state index contributed by atoms with van der Waals surface area (Å²) >= 11 is 5.06. The lowest BCUT2D eigenvalue weighted by Crippen LogP contribution is -2.33. The molecule has 0 heterocycles. The van der Waals surface area contributed by atoms with Crippen molar-refractivity contribution in [2.45, 2.75) is 71.1 Å². The molecule has 0 aliphatic rings. The molecule has 0 aliphatic heterocycles. The minimum absolute atomic E-state index is 0.0909. The molecule has 0 saturated heterocycles. The van der Waals surface area contributed by atoms with Gasteiger partial charge in [0.2, 0.25) is 5.91 Å². The maximum absolute atomic E-state index is 13.1. The molecular weight excluding hydrogens is 323 g/mol. The summed E-state index contributed by atoms with van der Waals surface area (Å²) in [6.45, 7) is 2.23. The zero-order chi connectivity index (χ0) is 17.6. The molecule has 0 aliphatic carbocycles. The normalized spacial score (nSPS) is 10.4. The largest absolute Gasteiger partial charge is 0.332 e. The summed E-state index contributed by atoms with van der Waals surface area (Å²) in [6, 6.07) is 5.97. The molecule has 1 amide bonds. The van der Waals surface area contributed by atoms with Gasteiger partial charge < -0.3 is 10.6 Å². The van der Waals surface area contributed by atoms with E-state index in [1.807, 2.05) is 0 Å². The van der Waals surface area contributed by atoms with E-state index in [0.717, 1.165) is 12.8 Å². The smallest absolute Gasteiger partial charge is 0.226 e. The summed E-state index contributed by atoms with van der Waals surface area (Å²) in [7, 11) is 0. The van der Waals surface area contributed by atoms with Crippen LogP contribution < -0.4 is 10.6 Å². The number of benzene rings is 1. The third-order valence-electron chi connectivity index (χ3n) is 3.84. The fraction of sp³-hybridized carbons (Fsp3) is 0.579. The van der Waals surface area contributed by atoms with Crippen molar-refractivity contribution in [2.24, 2.45) is 0 Å². The van der Waals surface area contributed by atoms with Crippen LogP contribution in [0, 0.1) is 5.82 Å². The van der Waals surface area contributed by atoms with Gasteiger partial charge in [-0.2, -0.15) is 0 Å². The number of thiocarbonyl (C=S) groups is 1. The molecule has 134 valence electrons. The van der Waals surface area contributed by atoms with Gasteiger partial charge in [0.15, 0.2) is 5.11 Å². The van der Waals surface area contributed by atoms with E-state index in [1.165, 1.54) is 57.1 Å². The second-order valence-electron chi connectivity index (χ2n) is 6.09. The number of unbranched alkanes of at least 4 members (excludes halogenated alkanes) is 8. The van der Waals surface area contributed by atoms with Crippen molar-refractivity contribution in [1.29, 1.82) is 0 Å². The molecule has 0 fully saturated rings. The van der Waals surface area contributed by atoms with Crippen LogP contribution in [0.3, 0.4) is 0 Å². The van der Waals surface area contributed by atoms with Crippen molar-refractivity contribution in [3.05, 3.63) is 30.1 Å². The molecule has 1 aromatic rings. The van der Waals surface area contributed by atoms with Crippen molar-refractivity contribution < 1.29 is 9.18 Å². The van der Waals surface area contributed by atoms with Gasteiger partial charge >= 0.3 is 0 Å². The second kappa shape index (κ2) is 12.9. The second-order valence-corrected chi connectivity index (χ2v) is 6.50. The quantitative estimate of drug-likeness (QED) is 0.405. The lowest BCUT2D eigenvalue weighted by molar-refractivity contribution is -0.119. The number of anilines is 1. The van der Waals surface area contributed by atoms with Gasteiger partial charge in [0, 0.05) is 12.1 Å². The molecular formula is C19H29FN2OS. The van der Waals surface area contributed by atoms with E-state index in [2.05, 4.69) is 17.6 Å². The maximum atomic E-state index is 13.1. The number of hydrogen-bond donors (Lipinski definition) is 2. The third kappa shape index (κ3) is 10.3. The molecule has 0 aromatic heterocycles. The van der Waals surface area contributed by atoms with E-state index in [9.17, 15) is 9.18 Å². The minimum Gasteiger partial charge on any atom is -0.332 e. The van der Waals surface area contributed by atoms with E-state index in [-0.39, 0.29) is 16.8 Å². The molecule has 1 aromatic carbocycles.